The second-order valence-corrected chi connectivity index (χ2v) is 5.64. The molecule has 3 N–H and O–H groups in total. The molecular formula is C13H18N6O. The number of nitrogens with zero attached hydrogens (tertiary/aromatic N) is 4. The van der Waals surface area contributed by atoms with E-state index in [1.54, 1.807) is 12.1 Å². The van der Waals surface area contributed by atoms with E-state index in [0.29, 0.717) is 5.69 Å². The summed E-state index contributed by atoms with van der Waals surface area (Å²) in [5, 5.41) is 13.8. The third kappa shape index (κ3) is 3.18. The van der Waals surface area contributed by atoms with Crippen LogP contribution >= 0.6 is 0 Å². The van der Waals surface area contributed by atoms with E-state index in [9.17, 15) is 4.79 Å². The first-order valence-corrected chi connectivity index (χ1v) is 6.28. The maximum atomic E-state index is 12.1. The van der Waals surface area contributed by atoms with Crippen LogP contribution in [0.1, 0.15) is 20.8 Å². The van der Waals surface area contributed by atoms with Crippen molar-refractivity contribution < 1.29 is 4.79 Å². The zero-order valence-electron chi connectivity index (χ0n) is 11.7. The van der Waals surface area contributed by atoms with Crippen molar-refractivity contribution in [3.8, 4) is 5.69 Å². The van der Waals surface area contributed by atoms with Gasteiger partial charge in [0.25, 0.3) is 0 Å². The zero-order chi connectivity index (χ0) is 14.8. The third-order valence-electron chi connectivity index (χ3n) is 2.94. The molecule has 0 unspecified atom stereocenters. The van der Waals surface area contributed by atoms with Crippen molar-refractivity contribution in [2.24, 2.45) is 11.1 Å². The van der Waals surface area contributed by atoms with Crippen LogP contribution < -0.4 is 11.1 Å². The molecule has 2 aromatic rings. The molecule has 1 atom stereocenters. The molecule has 0 saturated carbocycles. The van der Waals surface area contributed by atoms with Gasteiger partial charge in [0, 0.05) is 5.69 Å². The van der Waals surface area contributed by atoms with Crippen LogP contribution in [0.15, 0.2) is 30.6 Å². The normalized spacial score (nSPS) is 13.0. The molecule has 0 saturated heterocycles. The summed E-state index contributed by atoms with van der Waals surface area (Å²) in [5.41, 5.74) is 7.05. The average molecular weight is 274 g/mol. The average Bonchev–Trinajstić information content (AvgIpc) is 2.91. The van der Waals surface area contributed by atoms with E-state index < -0.39 is 6.04 Å². The Morgan fingerprint density at radius 3 is 2.75 bits per heavy atom. The molecule has 1 aromatic heterocycles. The molecule has 0 radical (unpaired) electrons. The van der Waals surface area contributed by atoms with Crippen molar-refractivity contribution in [1.29, 1.82) is 0 Å². The van der Waals surface area contributed by atoms with Crippen molar-refractivity contribution in [3.05, 3.63) is 30.6 Å². The lowest BCUT2D eigenvalue weighted by atomic mass is 9.87. The number of nitrogens with two attached hydrogens (primary N) is 1. The lowest BCUT2D eigenvalue weighted by Crippen LogP contribution is -2.45. The van der Waals surface area contributed by atoms with Crippen LogP contribution in [0.4, 0.5) is 5.69 Å². The first-order valence-electron chi connectivity index (χ1n) is 6.28. The minimum atomic E-state index is -0.584. The number of carbonyl (C=O) groups excluding carboxylic acids is 1. The second-order valence-electron chi connectivity index (χ2n) is 5.64. The number of anilines is 1. The van der Waals surface area contributed by atoms with Gasteiger partial charge in [-0.05, 0) is 34.0 Å². The summed E-state index contributed by atoms with van der Waals surface area (Å²) in [6.07, 6.45) is 1.49. The number of carbonyl (C=O) groups is 1. The SMILES string of the molecule is CC(C)(C)[C@H](N)C(=O)Nc1cccc(-n2cnnn2)c1. The van der Waals surface area contributed by atoms with Gasteiger partial charge in [-0.3, -0.25) is 4.79 Å². The number of hydrogen-bond acceptors (Lipinski definition) is 5. The number of tetrazole rings is 1. The molecular weight excluding hydrogens is 256 g/mol. The molecule has 0 fully saturated rings. The van der Waals surface area contributed by atoms with Crippen molar-refractivity contribution in [1.82, 2.24) is 20.2 Å². The molecule has 0 aliphatic heterocycles. The molecule has 1 heterocycles. The lowest BCUT2D eigenvalue weighted by Gasteiger charge is -2.25. The van der Waals surface area contributed by atoms with Crippen LogP contribution in [0.2, 0.25) is 0 Å². The van der Waals surface area contributed by atoms with E-state index in [4.69, 9.17) is 5.73 Å². The van der Waals surface area contributed by atoms with E-state index in [0.717, 1.165) is 5.69 Å². The minimum Gasteiger partial charge on any atom is -0.325 e. The number of rotatable bonds is 3. The Morgan fingerprint density at radius 1 is 1.40 bits per heavy atom. The maximum Gasteiger partial charge on any atom is 0.241 e. The maximum absolute atomic E-state index is 12.1. The standard InChI is InChI=1S/C13H18N6O/c1-13(2,3)11(14)12(20)16-9-5-4-6-10(7-9)19-8-15-17-18-19/h4-8,11H,14H2,1-3H3,(H,16,20)/t11-/m1/s1. The number of amides is 1. The molecule has 0 spiro atoms. The summed E-state index contributed by atoms with van der Waals surface area (Å²) in [7, 11) is 0. The van der Waals surface area contributed by atoms with Crippen LogP contribution in [0.25, 0.3) is 5.69 Å². The predicted octanol–water partition coefficient (Wildman–Crippen LogP) is 0.974. The Balaban J connectivity index is 2.15. The van der Waals surface area contributed by atoms with Gasteiger partial charge in [0.1, 0.15) is 6.33 Å². The summed E-state index contributed by atoms with van der Waals surface area (Å²) in [6, 6.07) is 6.65. The van der Waals surface area contributed by atoms with E-state index in [2.05, 4.69) is 20.8 Å². The number of nitrogens with one attached hydrogen (secondary N) is 1. The Bertz CT molecular complexity index is 587. The summed E-state index contributed by atoms with van der Waals surface area (Å²) < 4.78 is 1.51. The van der Waals surface area contributed by atoms with Gasteiger partial charge in [0.15, 0.2) is 0 Å². The monoisotopic (exact) mass is 274 g/mol. The highest BCUT2D eigenvalue weighted by Crippen LogP contribution is 2.19. The Hall–Kier alpha value is -2.28. The highest BCUT2D eigenvalue weighted by atomic mass is 16.2. The first kappa shape index (κ1) is 14.1. The Morgan fingerprint density at radius 2 is 2.15 bits per heavy atom. The van der Waals surface area contributed by atoms with Crippen LogP contribution in [0, 0.1) is 5.41 Å². The summed E-state index contributed by atoms with van der Waals surface area (Å²) in [4.78, 5) is 12.1. The molecule has 1 aromatic carbocycles. The van der Waals surface area contributed by atoms with Crippen molar-refractivity contribution in [3.63, 3.8) is 0 Å². The third-order valence-corrected chi connectivity index (χ3v) is 2.94. The lowest BCUT2D eigenvalue weighted by molar-refractivity contribution is -0.119. The molecule has 7 heteroatoms. The topological polar surface area (TPSA) is 98.7 Å². The Kier molecular flexibility index (Phi) is 3.80. The number of hydrogen-bond donors (Lipinski definition) is 2. The second kappa shape index (κ2) is 5.38. The van der Waals surface area contributed by atoms with Gasteiger partial charge in [-0.2, -0.15) is 0 Å². The van der Waals surface area contributed by atoms with Crippen LogP contribution in [-0.4, -0.2) is 32.2 Å². The molecule has 0 aliphatic rings. The quantitative estimate of drug-likeness (QED) is 0.869. The fourth-order valence-electron chi connectivity index (χ4n) is 1.62. The molecule has 0 aliphatic carbocycles. The molecule has 106 valence electrons. The minimum absolute atomic E-state index is 0.216. The summed E-state index contributed by atoms with van der Waals surface area (Å²) in [6.45, 7) is 5.78. The van der Waals surface area contributed by atoms with Gasteiger partial charge in [-0.1, -0.05) is 26.8 Å². The number of aromatic nitrogens is 4. The van der Waals surface area contributed by atoms with Crippen LogP contribution in [0.3, 0.4) is 0 Å². The van der Waals surface area contributed by atoms with Crippen LogP contribution in [0.5, 0.6) is 0 Å². The smallest absolute Gasteiger partial charge is 0.241 e. The van der Waals surface area contributed by atoms with Gasteiger partial charge in [0.05, 0.1) is 11.7 Å². The van der Waals surface area contributed by atoms with Crippen molar-refractivity contribution in [2.45, 2.75) is 26.8 Å². The molecule has 7 nitrogen and oxygen atoms in total. The van der Waals surface area contributed by atoms with E-state index >= 15 is 0 Å². The number of benzene rings is 1. The largest absolute Gasteiger partial charge is 0.325 e. The fourth-order valence-corrected chi connectivity index (χ4v) is 1.62. The Labute approximate surface area is 117 Å². The van der Waals surface area contributed by atoms with Crippen molar-refractivity contribution >= 4 is 11.6 Å². The van der Waals surface area contributed by atoms with Gasteiger partial charge < -0.3 is 11.1 Å². The fraction of sp³-hybridized carbons (Fsp3) is 0.385. The van der Waals surface area contributed by atoms with E-state index in [-0.39, 0.29) is 11.3 Å². The van der Waals surface area contributed by atoms with Gasteiger partial charge >= 0.3 is 0 Å². The van der Waals surface area contributed by atoms with Gasteiger partial charge in [-0.15, -0.1) is 5.10 Å². The van der Waals surface area contributed by atoms with Gasteiger partial charge in [0.2, 0.25) is 5.91 Å². The zero-order valence-corrected chi connectivity index (χ0v) is 11.7. The van der Waals surface area contributed by atoms with E-state index in [1.807, 2.05) is 32.9 Å². The highest BCUT2D eigenvalue weighted by Gasteiger charge is 2.27. The van der Waals surface area contributed by atoms with Crippen LogP contribution in [-0.2, 0) is 4.79 Å². The summed E-state index contributed by atoms with van der Waals surface area (Å²) >= 11 is 0. The molecule has 0 bridgehead atoms. The van der Waals surface area contributed by atoms with E-state index in [1.165, 1.54) is 11.0 Å². The molecule has 1 amide bonds. The first-order chi connectivity index (χ1) is 9.38. The predicted molar refractivity (Wildman–Crippen MR) is 75.2 cm³/mol. The van der Waals surface area contributed by atoms with Crippen molar-refractivity contribution in [2.75, 3.05) is 5.32 Å². The van der Waals surface area contributed by atoms with Gasteiger partial charge in [-0.25, -0.2) is 4.68 Å². The molecule has 20 heavy (non-hydrogen) atoms. The molecule has 2 rings (SSSR count). The highest BCUT2D eigenvalue weighted by molar-refractivity contribution is 5.95. The summed E-state index contributed by atoms with van der Waals surface area (Å²) in [5.74, 6) is -0.216.